The topological polar surface area (TPSA) is 69.3 Å². The van der Waals surface area contributed by atoms with E-state index in [9.17, 15) is 9.59 Å². The zero-order valence-electron chi connectivity index (χ0n) is 11.9. The number of hydrogen-bond acceptors (Lipinski definition) is 3. The Morgan fingerprint density at radius 1 is 1.50 bits per heavy atom. The molecule has 0 unspecified atom stereocenters. The molecule has 2 amide bonds. The minimum absolute atomic E-state index is 0.00187. The third kappa shape index (κ3) is 2.19. The number of imidazole rings is 1. The molecule has 2 aliphatic rings. The Morgan fingerprint density at radius 2 is 2.30 bits per heavy atom. The summed E-state index contributed by atoms with van der Waals surface area (Å²) in [6, 6.07) is 0. The summed E-state index contributed by atoms with van der Waals surface area (Å²) in [4.78, 5) is 35.2. The fourth-order valence-electron chi connectivity index (χ4n) is 3.22. The van der Waals surface area contributed by atoms with Gasteiger partial charge in [-0.15, -0.1) is 0 Å². The molecule has 108 valence electrons. The summed E-state index contributed by atoms with van der Waals surface area (Å²) in [5.74, 6) is 0.596. The number of aromatic amines is 1. The van der Waals surface area contributed by atoms with Gasteiger partial charge in [0.1, 0.15) is 0 Å². The number of likely N-dealkylation sites (tertiary alicyclic amines) is 2. The third-order valence-corrected chi connectivity index (χ3v) is 4.58. The molecule has 2 fully saturated rings. The second-order valence-corrected chi connectivity index (χ2v) is 5.86. The van der Waals surface area contributed by atoms with Gasteiger partial charge in [0, 0.05) is 32.4 Å². The summed E-state index contributed by atoms with van der Waals surface area (Å²) in [6.45, 7) is 4.00. The summed E-state index contributed by atoms with van der Waals surface area (Å²) in [6.07, 6.45) is 2.93. The van der Waals surface area contributed by atoms with Gasteiger partial charge in [-0.25, -0.2) is 4.98 Å². The van der Waals surface area contributed by atoms with Crippen molar-refractivity contribution in [2.75, 3.05) is 26.7 Å². The molecule has 0 aliphatic carbocycles. The van der Waals surface area contributed by atoms with Gasteiger partial charge < -0.3 is 14.8 Å². The lowest BCUT2D eigenvalue weighted by molar-refractivity contribution is -0.138. The monoisotopic (exact) mass is 276 g/mol. The highest BCUT2D eigenvalue weighted by Crippen LogP contribution is 2.31. The molecule has 2 atom stereocenters. The SMILES string of the molecule is Cc1[nH]cnc1CC(=O)N1C[C@H]2CCN(C)C(=O)[C@H]2C1. The van der Waals surface area contributed by atoms with Crippen molar-refractivity contribution < 1.29 is 9.59 Å². The standard InChI is InChI=1S/C14H20N4O2/c1-9-12(16-8-15-9)5-13(19)18-6-10-3-4-17(2)14(20)11(10)7-18/h8,10-11H,3-7H2,1-2H3,(H,15,16)/t10-,11+/m1/s1. The largest absolute Gasteiger partial charge is 0.348 e. The number of fused-ring (bicyclic) bond motifs is 1. The van der Waals surface area contributed by atoms with E-state index in [0.717, 1.165) is 24.4 Å². The maximum absolute atomic E-state index is 12.3. The Labute approximate surface area is 118 Å². The number of aryl methyl sites for hydroxylation is 1. The smallest absolute Gasteiger partial charge is 0.228 e. The maximum atomic E-state index is 12.3. The summed E-state index contributed by atoms with van der Waals surface area (Å²) in [5, 5.41) is 0. The zero-order valence-corrected chi connectivity index (χ0v) is 11.9. The zero-order chi connectivity index (χ0) is 14.3. The van der Waals surface area contributed by atoms with Gasteiger partial charge >= 0.3 is 0 Å². The van der Waals surface area contributed by atoms with Crippen LogP contribution in [0.15, 0.2) is 6.33 Å². The first kappa shape index (κ1) is 13.1. The van der Waals surface area contributed by atoms with Crippen LogP contribution < -0.4 is 0 Å². The van der Waals surface area contributed by atoms with Crippen LogP contribution in [0.2, 0.25) is 0 Å². The van der Waals surface area contributed by atoms with Crippen molar-refractivity contribution in [2.24, 2.45) is 11.8 Å². The van der Waals surface area contributed by atoms with Crippen LogP contribution in [0.5, 0.6) is 0 Å². The predicted molar refractivity (Wildman–Crippen MR) is 72.8 cm³/mol. The van der Waals surface area contributed by atoms with Gasteiger partial charge in [-0.05, 0) is 19.3 Å². The molecular weight excluding hydrogens is 256 g/mol. The summed E-state index contributed by atoms with van der Waals surface area (Å²) in [5.41, 5.74) is 1.74. The molecule has 0 aromatic carbocycles. The van der Waals surface area contributed by atoms with Crippen molar-refractivity contribution in [3.05, 3.63) is 17.7 Å². The summed E-state index contributed by atoms with van der Waals surface area (Å²) >= 11 is 0. The van der Waals surface area contributed by atoms with E-state index in [2.05, 4.69) is 9.97 Å². The van der Waals surface area contributed by atoms with E-state index in [0.29, 0.717) is 25.4 Å². The summed E-state index contributed by atoms with van der Waals surface area (Å²) in [7, 11) is 1.84. The number of carbonyl (C=O) groups is 2. The average molecular weight is 276 g/mol. The fraction of sp³-hybridized carbons (Fsp3) is 0.643. The molecule has 2 saturated heterocycles. The van der Waals surface area contributed by atoms with Crippen molar-refractivity contribution in [1.82, 2.24) is 19.8 Å². The Bertz CT molecular complexity index is 539. The molecule has 20 heavy (non-hydrogen) atoms. The number of H-pyrrole nitrogens is 1. The van der Waals surface area contributed by atoms with Crippen molar-refractivity contribution >= 4 is 11.8 Å². The number of hydrogen-bond donors (Lipinski definition) is 1. The number of piperidine rings is 1. The Balaban J connectivity index is 1.66. The summed E-state index contributed by atoms with van der Waals surface area (Å²) < 4.78 is 0. The lowest BCUT2D eigenvalue weighted by Crippen LogP contribution is -2.42. The van der Waals surface area contributed by atoms with Crippen molar-refractivity contribution in [1.29, 1.82) is 0 Å². The molecule has 6 nitrogen and oxygen atoms in total. The van der Waals surface area contributed by atoms with Crippen LogP contribution in [-0.2, 0) is 16.0 Å². The maximum Gasteiger partial charge on any atom is 0.228 e. The normalized spacial score (nSPS) is 26.0. The minimum atomic E-state index is -0.00187. The number of nitrogens with zero attached hydrogens (tertiary/aromatic N) is 3. The second-order valence-electron chi connectivity index (χ2n) is 5.86. The van der Waals surface area contributed by atoms with Gasteiger partial charge in [-0.1, -0.05) is 0 Å². The molecule has 0 radical (unpaired) electrons. The molecule has 3 heterocycles. The Kier molecular flexibility index (Phi) is 3.23. The average Bonchev–Trinajstić information content (AvgIpc) is 3.02. The van der Waals surface area contributed by atoms with Crippen LogP contribution in [0.25, 0.3) is 0 Å². The number of rotatable bonds is 2. The number of amides is 2. The lowest BCUT2D eigenvalue weighted by atomic mass is 9.88. The highest BCUT2D eigenvalue weighted by atomic mass is 16.2. The van der Waals surface area contributed by atoms with E-state index in [-0.39, 0.29) is 17.7 Å². The van der Waals surface area contributed by atoms with E-state index in [1.807, 2.05) is 18.9 Å². The van der Waals surface area contributed by atoms with Crippen LogP contribution in [0, 0.1) is 18.8 Å². The van der Waals surface area contributed by atoms with E-state index in [4.69, 9.17) is 0 Å². The van der Waals surface area contributed by atoms with E-state index in [1.54, 1.807) is 11.2 Å². The number of nitrogens with one attached hydrogen (secondary N) is 1. The molecule has 1 aromatic heterocycles. The molecule has 1 aromatic rings. The van der Waals surface area contributed by atoms with Gasteiger partial charge in [-0.2, -0.15) is 0 Å². The minimum Gasteiger partial charge on any atom is -0.348 e. The van der Waals surface area contributed by atoms with Gasteiger partial charge in [0.15, 0.2) is 0 Å². The second kappa shape index (κ2) is 4.92. The van der Waals surface area contributed by atoms with Gasteiger partial charge in [-0.3, -0.25) is 9.59 Å². The quantitative estimate of drug-likeness (QED) is 0.839. The van der Waals surface area contributed by atoms with Gasteiger partial charge in [0.05, 0.1) is 24.4 Å². The Hall–Kier alpha value is -1.85. The molecule has 0 bridgehead atoms. The first-order valence-electron chi connectivity index (χ1n) is 7.08. The Morgan fingerprint density at radius 3 is 3.00 bits per heavy atom. The van der Waals surface area contributed by atoms with Crippen LogP contribution in [0.1, 0.15) is 17.8 Å². The lowest BCUT2D eigenvalue weighted by Gasteiger charge is -2.30. The van der Waals surface area contributed by atoms with Crippen LogP contribution in [0.4, 0.5) is 0 Å². The van der Waals surface area contributed by atoms with Crippen molar-refractivity contribution in [3.63, 3.8) is 0 Å². The third-order valence-electron chi connectivity index (χ3n) is 4.58. The van der Waals surface area contributed by atoms with Crippen LogP contribution in [0.3, 0.4) is 0 Å². The predicted octanol–water partition coefficient (Wildman–Crippen LogP) is 0.197. The van der Waals surface area contributed by atoms with Crippen molar-refractivity contribution in [2.45, 2.75) is 19.8 Å². The highest BCUT2D eigenvalue weighted by molar-refractivity contribution is 5.83. The number of carbonyl (C=O) groups excluding carboxylic acids is 2. The van der Waals surface area contributed by atoms with E-state index < -0.39 is 0 Å². The molecule has 1 N–H and O–H groups in total. The molecule has 2 aliphatic heterocycles. The molecule has 0 spiro atoms. The molecule has 3 rings (SSSR count). The first-order chi connectivity index (χ1) is 9.56. The van der Waals surface area contributed by atoms with E-state index in [1.165, 1.54) is 0 Å². The van der Waals surface area contributed by atoms with E-state index >= 15 is 0 Å². The van der Waals surface area contributed by atoms with Crippen LogP contribution >= 0.6 is 0 Å². The van der Waals surface area contributed by atoms with Crippen molar-refractivity contribution in [3.8, 4) is 0 Å². The number of aromatic nitrogens is 2. The fourth-order valence-corrected chi connectivity index (χ4v) is 3.22. The molecule has 6 heteroatoms. The van der Waals surface area contributed by atoms with Gasteiger partial charge in [0.2, 0.25) is 11.8 Å². The molecular formula is C14H20N4O2. The van der Waals surface area contributed by atoms with Gasteiger partial charge in [0.25, 0.3) is 0 Å². The van der Waals surface area contributed by atoms with Crippen LogP contribution in [-0.4, -0.2) is 58.3 Å². The first-order valence-corrected chi connectivity index (χ1v) is 7.08. The highest BCUT2D eigenvalue weighted by Gasteiger charge is 2.43. The molecule has 0 saturated carbocycles.